The van der Waals surface area contributed by atoms with E-state index in [9.17, 15) is 9.59 Å². The standard InChI is InChI=1S/C26H29NO3S/c1-15-11-19-20(26(4,5)10-9-25(19,2)3)14-18(15)17-8-7-16(12-21(17)30-6)13-22-23(28)27-24(29)31-22/h7-8,11-14H,9-10H2,1-6H3,(H,27,28,29)/b22-13-. The molecule has 2 aliphatic rings. The van der Waals surface area contributed by atoms with Gasteiger partial charge in [-0.05, 0) is 88.4 Å². The Morgan fingerprint density at radius 2 is 1.61 bits per heavy atom. The largest absolute Gasteiger partial charge is 0.496 e. The molecule has 2 aromatic carbocycles. The van der Waals surface area contributed by atoms with Gasteiger partial charge in [0.15, 0.2) is 0 Å². The van der Waals surface area contributed by atoms with Gasteiger partial charge in [-0.2, -0.15) is 0 Å². The third-order valence-corrected chi connectivity index (χ3v) is 7.46. The minimum absolute atomic E-state index is 0.129. The quantitative estimate of drug-likeness (QED) is 0.571. The summed E-state index contributed by atoms with van der Waals surface area (Å²) in [5.74, 6) is 0.397. The first-order valence-electron chi connectivity index (χ1n) is 10.6. The first-order chi connectivity index (χ1) is 14.5. The maximum Gasteiger partial charge on any atom is 0.290 e. The van der Waals surface area contributed by atoms with Crippen LogP contribution in [0.15, 0.2) is 35.2 Å². The average molecular weight is 436 g/mol. The molecule has 0 unspecified atom stereocenters. The average Bonchev–Trinajstić information content (AvgIpc) is 3.02. The van der Waals surface area contributed by atoms with Gasteiger partial charge in [0.05, 0.1) is 12.0 Å². The molecule has 0 aromatic heterocycles. The van der Waals surface area contributed by atoms with Gasteiger partial charge in [-0.25, -0.2) is 0 Å². The van der Waals surface area contributed by atoms with Crippen molar-refractivity contribution in [2.45, 2.75) is 58.3 Å². The Morgan fingerprint density at radius 1 is 0.968 bits per heavy atom. The molecule has 4 nitrogen and oxygen atoms in total. The Bertz CT molecular complexity index is 1130. The number of aryl methyl sites for hydroxylation is 1. The minimum Gasteiger partial charge on any atom is -0.496 e. The smallest absolute Gasteiger partial charge is 0.290 e. The maximum atomic E-state index is 11.9. The number of fused-ring (bicyclic) bond motifs is 1. The summed E-state index contributed by atoms with van der Waals surface area (Å²) in [5.41, 5.74) is 7.41. The highest BCUT2D eigenvalue weighted by Gasteiger charge is 2.37. The number of benzene rings is 2. The van der Waals surface area contributed by atoms with E-state index in [1.807, 2.05) is 18.2 Å². The summed E-state index contributed by atoms with van der Waals surface area (Å²) in [7, 11) is 1.66. The Labute approximate surface area is 188 Å². The van der Waals surface area contributed by atoms with Gasteiger partial charge in [0.25, 0.3) is 11.1 Å². The van der Waals surface area contributed by atoms with Crippen LogP contribution in [0.5, 0.6) is 5.75 Å². The molecule has 1 fully saturated rings. The molecule has 2 amide bonds. The number of rotatable bonds is 3. The first kappa shape index (κ1) is 21.7. The molecule has 162 valence electrons. The zero-order valence-electron chi connectivity index (χ0n) is 19.0. The number of carbonyl (C=O) groups is 2. The van der Waals surface area contributed by atoms with Crippen LogP contribution in [0.4, 0.5) is 4.79 Å². The fraction of sp³-hybridized carbons (Fsp3) is 0.385. The van der Waals surface area contributed by atoms with Crippen molar-refractivity contribution in [3.63, 3.8) is 0 Å². The number of hydrogen-bond acceptors (Lipinski definition) is 4. The topological polar surface area (TPSA) is 55.4 Å². The lowest BCUT2D eigenvalue weighted by atomic mass is 9.62. The molecule has 0 bridgehead atoms. The van der Waals surface area contributed by atoms with Crippen LogP contribution in [0.2, 0.25) is 0 Å². The Kier molecular flexibility index (Phi) is 5.29. The third kappa shape index (κ3) is 3.91. The molecule has 1 saturated heterocycles. The number of ether oxygens (including phenoxy) is 1. The van der Waals surface area contributed by atoms with Crippen molar-refractivity contribution in [3.05, 3.63) is 57.5 Å². The summed E-state index contributed by atoms with van der Waals surface area (Å²) in [4.78, 5) is 23.7. The van der Waals surface area contributed by atoms with Gasteiger partial charge in [0.1, 0.15) is 5.75 Å². The van der Waals surface area contributed by atoms with Crippen molar-refractivity contribution in [1.82, 2.24) is 5.32 Å². The summed E-state index contributed by atoms with van der Waals surface area (Å²) in [5, 5.41) is 1.95. The summed E-state index contributed by atoms with van der Waals surface area (Å²) in [6.07, 6.45) is 4.08. The molecule has 1 N–H and O–H groups in total. The lowest BCUT2D eigenvalue weighted by Gasteiger charge is -2.42. The van der Waals surface area contributed by atoms with Crippen LogP contribution in [0, 0.1) is 6.92 Å². The van der Waals surface area contributed by atoms with Crippen LogP contribution >= 0.6 is 11.8 Å². The third-order valence-electron chi connectivity index (χ3n) is 6.65. The molecule has 0 atom stereocenters. The Morgan fingerprint density at radius 3 is 2.19 bits per heavy atom. The second-order valence-electron chi connectivity index (χ2n) is 9.79. The number of carbonyl (C=O) groups excluding carboxylic acids is 2. The SMILES string of the molecule is COc1cc(/C=C2\SC(=O)NC2=O)ccc1-c1cc2c(cc1C)C(C)(C)CCC2(C)C. The van der Waals surface area contributed by atoms with Gasteiger partial charge < -0.3 is 4.74 Å². The molecule has 31 heavy (non-hydrogen) atoms. The summed E-state index contributed by atoms with van der Waals surface area (Å²) in [6.45, 7) is 11.5. The highest BCUT2D eigenvalue weighted by atomic mass is 32.2. The predicted octanol–water partition coefficient (Wildman–Crippen LogP) is 6.34. The van der Waals surface area contributed by atoms with Gasteiger partial charge in [0, 0.05) is 5.56 Å². The number of imide groups is 1. The van der Waals surface area contributed by atoms with E-state index in [2.05, 4.69) is 52.1 Å². The normalized spacial score (nSPS) is 20.5. The van der Waals surface area contributed by atoms with Crippen molar-refractivity contribution in [3.8, 4) is 16.9 Å². The summed E-state index contributed by atoms with van der Waals surface area (Å²) >= 11 is 0.921. The molecule has 0 saturated carbocycles. The van der Waals surface area contributed by atoms with Crippen molar-refractivity contribution in [2.75, 3.05) is 7.11 Å². The number of nitrogens with one attached hydrogen (secondary N) is 1. The monoisotopic (exact) mass is 435 g/mol. The van der Waals surface area contributed by atoms with Crippen LogP contribution in [0.25, 0.3) is 17.2 Å². The number of hydrogen-bond donors (Lipinski definition) is 1. The molecule has 0 radical (unpaired) electrons. The molecular weight excluding hydrogens is 406 g/mol. The fourth-order valence-corrected chi connectivity index (χ4v) is 5.29. The van der Waals surface area contributed by atoms with E-state index in [1.165, 1.54) is 28.7 Å². The lowest BCUT2D eigenvalue weighted by molar-refractivity contribution is -0.115. The summed E-state index contributed by atoms with van der Waals surface area (Å²) in [6, 6.07) is 10.6. The lowest BCUT2D eigenvalue weighted by Crippen LogP contribution is -2.34. The molecule has 0 spiro atoms. The van der Waals surface area contributed by atoms with E-state index in [1.54, 1.807) is 13.2 Å². The highest BCUT2D eigenvalue weighted by molar-refractivity contribution is 8.18. The van der Waals surface area contributed by atoms with E-state index in [-0.39, 0.29) is 22.0 Å². The van der Waals surface area contributed by atoms with Gasteiger partial charge in [-0.3, -0.25) is 14.9 Å². The van der Waals surface area contributed by atoms with Gasteiger partial charge >= 0.3 is 0 Å². The first-order valence-corrected chi connectivity index (χ1v) is 11.4. The van der Waals surface area contributed by atoms with E-state index < -0.39 is 0 Å². The van der Waals surface area contributed by atoms with E-state index in [4.69, 9.17) is 4.74 Å². The van der Waals surface area contributed by atoms with Crippen LogP contribution in [0.3, 0.4) is 0 Å². The van der Waals surface area contributed by atoms with Gasteiger partial charge in [0.2, 0.25) is 0 Å². The second kappa shape index (κ2) is 7.56. The zero-order chi connectivity index (χ0) is 22.6. The van der Waals surface area contributed by atoms with E-state index >= 15 is 0 Å². The molecule has 2 aromatic rings. The fourth-order valence-electron chi connectivity index (χ4n) is 4.60. The van der Waals surface area contributed by atoms with Crippen molar-refractivity contribution in [2.24, 2.45) is 0 Å². The molecule has 1 aliphatic heterocycles. The minimum atomic E-state index is -0.353. The Balaban J connectivity index is 1.81. The van der Waals surface area contributed by atoms with E-state index in [0.717, 1.165) is 35.1 Å². The van der Waals surface area contributed by atoms with Crippen molar-refractivity contribution in [1.29, 1.82) is 0 Å². The number of amides is 2. The number of thioether (sulfide) groups is 1. The molecule has 1 heterocycles. The van der Waals surface area contributed by atoms with Crippen molar-refractivity contribution < 1.29 is 14.3 Å². The van der Waals surface area contributed by atoms with Crippen LogP contribution in [-0.2, 0) is 15.6 Å². The van der Waals surface area contributed by atoms with Crippen LogP contribution in [0.1, 0.15) is 62.8 Å². The van der Waals surface area contributed by atoms with Gasteiger partial charge in [-0.15, -0.1) is 0 Å². The zero-order valence-corrected chi connectivity index (χ0v) is 19.8. The maximum absolute atomic E-state index is 11.9. The van der Waals surface area contributed by atoms with E-state index in [0.29, 0.717) is 4.91 Å². The van der Waals surface area contributed by atoms with Crippen LogP contribution < -0.4 is 10.1 Å². The summed E-state index contributed by atoms with van der Waals surface area (Å²) < 4.78 is 5.74. The number of methoxy groups -OCH3 is 1. The molecule has 1 aliphatic carbocycles. The van der Waals surface area contributed by atoms with Crippen molar-refractivity contribution >= 4 is 29.0 Å². The van der Waals surface area contributed by atoms with Gasteiger partial charge in [-0.1, -0.05) is 45.9 Å². The Hall–Kier alpha value is -2.53. The molecule has 5 heteroatoms. The molecular formula is C26H29NO3S. The second-order valence-corrected chi connectivity index (χ2v) is 10.8. The molecule has 4 rings (SSSR count). The highest BCUT2D eigenvalue weighted by Crippen LogP contribution is 2.48. The predicted molar refractivity (Wildman–Crippen MR) is 128 cm³/mol. The van der Waals surface area contributed by atoms with Crippen LogP contribution in [-0.4, -0.2) is 18.3 Å².